The molecule has 0 saturated carbocycles. The number of rotatable bonds is 4. The van der Waals surface area contributed by atoms with Gasteiger partial charge in [-0.15, -0.1) is 0 Å². The summed E-state index contributed by atoms with van der Waals surface area (Å²) in [7, 11) is 3.44. The third-order valence-electron chi connectivity index (χ3n) is 3.19. The van der Waals surface area contributed by atoms with Crippen molar-refractivity contribution in [2.75, 3.05) is 24.7 Å². The van der Waals surface area contributed by atoms with Crippen LogP contribution in [0.2, 0.25) is 5.02 Å². The zero-order valence-corrected chi connectivity index (χ0v) is 13.7. The molecule has 6 heteroatoms. The Hall–Kier alpha value is -2.53. The van der Waals surface area contributed by atoms with Gasteiger partial charge in [0.2, 0.25) is 5.91 Å². The smallest absolute Gasteiger partial charge is 0.323 e. The van der Waals surface area contributed by atoms with Gasteiger partial charge in [0.15, 0.2) is 0 Å². The number of carbonyl (C=O) groups is 2. The zero-order chi connectivity index (χ0) is 16.8. The van der Waals surface area contributed by atoms with E-state index in [4.69, 9.17) is 11.6 Å². The third kappa shape index (κ3) is 5.00. The van der Waals surface area contributed by atoms with Gasteiger partial charge < -0.3 is 15.5 Å². The Morgan fingerprint density at radius 2 is 1.65 bits per heavy atom. The number of urea groups is 1. The van der Waals surface area contributed by atoms with Crippen LogP contribution in [0.5, 0.6) is 0 Å². The molecule has 0 atom stereocenters. The predicted octanol–water partition coefficient (Wildman–Crippen LogP) is 3.61. The Labute approximate surface area is 140 Å². The van der Waals surface area contributed by atoms with Crippen LogP contribution in [0.15, 0.2) is 48.5 Å². The van der Waals surface area contributed by atoms with Crippen LogP contribution >= 0.6 is 11.6 Å². The van der Waals surface area contributed by atoms with Crippen molar-refractivity contribution in [1.29, 1.82) is 0 Å². The van der Waals surface area contributed by atoms with Crippen molar-refractivity contribution in [2.45, 2.75) is 6.42 Å². The van der Waals surface area contributed by atoms with E-state index in [0.29, 0.717) is 22.8 Å². The lowest BCUT2D eigenvalue weighted by molar-refractivity contribution is -0.127. The molecule has 0 radical (unpaired) electrons. The molecule has 0 aliphatic heterocycles. The maximum atomic E-state index is 11.9. The molecule has 0 aromatic heterocycles. The predicted molar refractivity (Wildman–Crippen MR) is 92.9 cm³/mol. The third-order valence-corrected chi connectivity index (χ3v) is 3.52. The molecule has 23 heavy (non-hydrogen) atoms. The standard InChI is InChI=1S/C17H18ClN3O2/c1-21(2)16(22)11-12-7-9-13(10-8-12)19-17(23)20-15-6-4-3-5-14(15)18/h3-10H,11H2,1-2H3,(H2,19,20,23). The van der Waals surface area contributed by atoms with Gasteiger partial charge in [0.05, 0.1) is 17.1 Å². The number of anilines is 2. The van der Waals surface area contributed by atoms with Crippen LogP contribution in [-0.2, 0) is 11.2 Å². The number of hydrogen-bond acceptors (Lipinski definition) is 2. The summed E-state index contributed by atoms with van der Waals surface area (Å²) in [5.41, 5.74) is 2.07. The second kappa shape index (κ2) is 7.65. The highest BCUT2D eigenvalue weighted by Gasteiger charge is 2.07. The average Bonchev–Trinajstić information content (AvgIpc) is 2.51. The van der Waals surface area contributed by atoms with Crippen molar-refractivity contribution >= 4 is 34.9 Å². The van der Waals surface area contributed by atoms with Crippen LogP contribution in [0, 0.1) is 0 Å². The first-order chi connectivity index (χ1) is 11.0. The molecule has 2 rings (SSSR count). The second-order valence-corrected chi connectivity index (χ2v) is 5.63. The summed E-state index contributed by atoms with van der Waals surface area (Å²) in [5, 5.41) is 5.87. The molecule has 0 heterocycles. The SMILES string of the molecule is CN(C)C(=O)Cc1ccc(NC(=O)Nc2ccccc2Cl)cc1. The average molecular weight is 332 g/mol. The number of nitrogens with zero attached hydrogens (tertiary/aromatic N) is 1. The van der Waals surface area contributed by atoms with Crippen LogP contribution in [0.4, 0.5) is 16.2 Å². The van der Waals surface area contributed by atoms with E-state index in [1.165, 1.54) is 0 Å². The molecule has 0 fully saturated rings. The number of hydrogen-bond donors (Lipinski definition) is 2. The van der Waals surface area contributed by atoms with E-state index in [1.807, 2.05) is 12.1 Å². The lowest BCUT2D eigenvalue weighted by atomic mass is 10.1. The number of para-hydroxylation sites is 1. The highest BCUT2D eigenvalue weighted by molar-refractivity contribution is 6.33. The van der Waals surface area contributed by atoms with Gasteiger partial charge in [-0.1, -0.05) is 35.9 Å². The van der Waals surface area contributed by atoms with Gasteiger partial charge in [0.1, 0.15) is 0 Å². The summed E-state index contributed by atoms with van der Waals surface area (Å²) in [6.45, 7) is 0. The van der Waals surface area contributed by atoms with Gasteiger partial charge in [-0.25, -0.2) is 4.79 Å². The van der Waals surface area contributed by atoms with E-state index in [1.54, 1.807) is 55.4 Å². The molecule has 0 spiro atoms. The molecule has 0 saturated heterocycles. The topological polar surface area (TPSA) is 61.4 Å². The summed E-state index contributed by atoms with van der Waals surface area (Å²) in [6.07, 6.45) is 0.332. The molecule has 2 aromatic rings. The van der Waals surface area contributed by atoms with Crippen molar-refractivity contribution < 1.29 is 9.59 Å². The van der Waals surface area contributed by atoms with Crippen molar-refractivity contribution in [2.24, 2.45) is 0 Å². The molecule has 5 nitrogen and oxygen atoms in total. The molecular weight excluding hydrogens is 314 g/mol. The first-order valence-electron chi connectivity index (χ1n) is 7.07. The maximum Gasteiger partial charge on any atom is 0.323 e. The van der Waals surface area contributed by atoms with Gasteiger partial charge in [-0.3, -0.25) is 4.79 Å². The summed E-state index contributed by atoms with van der Waals surface area (Å²) in [6, 6.07) is 13.8. The van der Waals surface area contributed by atoms with Crippen LogP contribution < -0.4 is 10.6 Å². The van der Waals surface area contributed by atoms with Crippen molar-refractivity contribution in [3.8, 4) is 0 Å². The van der Waals surface area contributed by atoms with Gasteiger partial charge in [0.25, 0.3) is 0 Å². The molecular formula is C17H18ClN3O2. The fourth-order valence-corrected chi connectivity index (χ4v) is 2.07. The van der Waals surface area contributed by atoms with E-state index in [0.717, 1.165) is 5.56 Å². The summed E-state index contributed by atoms with van der Waals surface area (Å²) < 4.78 is 0. The fourth-order valence-electron chi connectivity index (χ4n) is 1.89. The minimum Gasteiger partial charge on any atom is -0.349 e. The van der Waals surface area contributed by atoms with E-state index >= 15 is 0 Å². The molecule has 3 amide bonds. The van der Waals surface area contributed by atoms with Gasteiger partial charge in [-0.2, -0.15) is 0 Å². The summed E-state index contributed by atoms with van der Waals surface area (Å²) in [4.78, 5) is 25.1. The summed E-state index contributed by atoms with van der Waals surface area (Å²) >= 11 is 5.99. The Morgan fingerprint density at radius 1 is 1.00 bits per heavy atom. The number of amides is 3. The Kier molecular flexibility index (Phi) is 5.60. The van der Waals surface area contributed by atoms with E-state index in [2.05, 4.69) is 10.6 Å². The highest BCUT2D eigenvalue weighted by atomic mass is 35.5. The van der Waals surface area contributed by atoms with Crippen molar-refractivity contribution in [3.63, 3.8) is 0 Å². The maximum absolute atomic E-state index is 11.9. The Balaban J connectivity index is 1.94. The Morgan fingerprint density at radius 3 is 2.26 bits per heavy atom. The minimum absolute atomic E-state index is 0.0298. The van der Waals surface area contributed by atoms with Crippen molar-refractivity contribution in [1.82, 2.24) is 4.90 Å². The van der Waals surface area contributed by atoms with Crippen LogP contribution in [0.3, 0.4) is 0 Å². The minimum atomic E-state index is -0.379. The van der Waals surface area contributed by atoms with Crippen LogP contribution in [0.25, 0.3) is 0 Å². The van der Waals surface area contributed by atoms with Gasteiger partial charge in [0, 0.05) is 19.8 Å². The number of carbonyl (C=O) groups excluding carboxylic acids is 2. The number of halogens is 1. The second-order valence-electron chi connectivity index (χ2n) is 5.22. The number of nitrogens with one attached hydrogen (secondary N) is 2. The van der Waals surface area contributed by atoms with E-state index < -0.39 is 0 Å². The molecule has 0 aliphatic carbocycles. The van der Waals surface area contributed by atoms with Gasteiger partial charge in [-0.05, 0) is 29.8 Å². The largest absolute Gasteiger partial charge is 0.349 e. The Bertz CT molecular complexity index is 699. The van der Waals surface area contributed by atoms with Gasteiger partial charge >= 0.3 is 6.03 Å². The summed E-state index contributed by atoms with van der Waals surface area (Å²) in [5.74, 6) is 0.0298. The van der Waals surface area contributed by atoms with Crippen molar-refractivity contribution in [3.05, 3.63) is 59.1 Å². The lowest BCUT2D eigenvalue weighted by Gasteiger charge is -2.11. The molecule has 0 bridgehead atoms. The molecule has 2 aromatic carbocycles. The van der Waals surface area contributed by atoms with Crippen LogP contribution in [0.1, 0.15) is 5.56 Å². The first kappa shape index (κ1) is 16.8. The highest BCUT2D eigenvalue weighted by Crippen LogP contribution is 2.20. The molecule has 120 valence electrons. The zero-order valence-electron chi connectivity index (χ0n) is 13.0. The van der Waals surface area contributed by atoms with Crippen LogP contribution in [-0.4, -0.2) is 30.9 Å². The monoisotopic (exact) mass is 331 g/mol. The van der Waals surface area contributed by atoms with E-state index in [-0.39, 0.29) is 11.9 Å². The molecule has 0 unspecified atom stereocenters. The fraction of sp³-hybridized carbons (Fsp3) is 0.176. The molecule has 0 aliphatic rings. The van der Waals surface area contributed by atoms with E-state index in [9.17, 15) is 9.59 Å². The quantitative estimate of drug-likeness (QED) is 0.899. The lowest BCUT2D eigenvalue weighted by Crippen LogP contribution is -2.23. The number of benzene rings is 2. The first-order valence-corrected chi connectivity index (χ1v) is 7.45. The number of likely N-dealkylation sites (N-methyl/N-ethyl adjacent to an activating group) is 1. The normalized spacial score (nSPS) is 10.0. The molecule has 2 N–H and O–H groups in total.